The monoisotopic (exact) mass is 426 g/mol. The molecule has 1 heterocycles. The molecule has 1 fully saturated rings. The minimum Gasteiger partial charge on any atom is -0.381 e. The van der Waals surface area contributed by atoms with E-state index in [1.165, 1.54) is 12.8 Å². The third-order valence-electron chi connectivity index (χ3n) is 4.43. The largest absolute Gasteiger partial charge is 0.381 e. The average Bonchev–Trinajstić information content (AvgIpc) is 2.47. The van der Waals surface area contributed by atoms with E-state index in [4.69, 9.17) is 4.74 Å². The molecule has 132 valence electrons. The minimum atomic E-state index is 0. The molecule has 0 saturated carbocycles. The Bertz CT molecular complexity index is 315. The molecule has 0 radical (unpaired) electrons. The molecule has 0 spiro atoms. The highest BCUT2D eigenvalue weighted by atomic mass is 127. The van der Waals surface area contributed by atoms with Crippen LogP contribution in [0.4, 0.5) is 0 Å². The molecule has 0 amide bonds. The van der Waals surface area contributed by atoms with Crippen molar-refractivity contribution in [3.63, 3.8) is 0 Å². The smallest absolute Gasteiger partial charge is 0.191 e. The van der Waals surface area contributed by atoms with Gasteiger partial charge in [-0.15, -0.1) is 24.0 Å². The summed E-state index contributed by atoms with van der Waals surface area (Å²) >= 11 is 0. The van der Waals surface area contributed by atoms with E-state index in [0.29, 0.717) is 0 Å². The van der Waals surface area contributed by atoms with Gasteiger partial charge in [0.2, 0.25) is 0 Å². The first kappa shape index (κ1) is 21.9. The van der Waals surface area contributed by atoms with Crippen molar-refractivity contribution < 1.29 is 4.74 Å². The lowest BCUT2D eigenvalue weighted by Crippen LogP contribution is -2.57. The van der Waals surface area contributed by atoms with Crippen LogP contribution in [-0.2, 0) is 4.74 Å². The molecule has 1 rings (SSSR count). The molecule has 5 nitrogen and oxygen atoms in total. The predicted molar refractivity (Wildman–Crippen MR) is 105 cm³/mol. The second kappa shape index (κ2) is 11.5. The lowest BCUT2D eigenvalue weighted by atomic mass is 9.88. The third-order valence-corrected chi connectivity index (χ3v) is 4.43. The van der Waals surface area contributed by atoms with E-state index in [1.807, 2.05) is 7.05 Å². The normalized spacial score (nSPS) is 18.2. The van der Waals surface area contributed by atoms with Gasteiger partial charge in [-0.2, -0.15) is 0 Å². The van der Waals surface area contributed by atoms with Crippen molar-refractivity contribution in [1.82, 2.24) is 15.5 Å². The van der Waals surface area contributed by atoms with Gasteiger partial charge in [-0.25, -0.2) is 0 Å². The van der Waals surface area contributed by atoms with Crippen molar-refractivity contribution in [3.05, 3.63) is 0 Å². The second-order valence-corrected chi connectivity index (χ2v) is 6.62. The van der Waals surface area contributed by atoms with Crippen molar-refractivity contribution in [2.75, 3.05) is 47.4 Å². The molecule has 0 atom stereocenters. The van der Waals surface area contributed by atoms with Crippen LogP contribution in [0.2, 0.25) is 0 Å². The van der Waals surface area contributed by atoms with Gasteiger partial charge in [0.15, 0.2) is 5.96 Å². The fraction of sp³-hybridized carbons (Fsp3) is 0.938. The summed E-state index contributed by atoms with van der Waals surface area (Å²) in [5.41, 5.74) is 0.174. The van der Waals surface area contributed by atoms with Gasteiger partial charge in [-0.3, -0.25) is 4.99 Å². The maximum atomic E-state index is 5.51. The predicted octanol–water partition coefficient (Wildman–Crippen LogP) is 2.32. The van der Waals surface area contributed by atoms with Gasteiger partial charge in [0.25, 0.3) is 0 Å². The fourth-order valence-electron chi connectivity index (χ4n) is 2.72. The van der Waals surface area contributed by atoms with Crippen LogP contribution >= 0.6 is 24.0 Å². The van der Waals surface area contributed by atoms with Crippen LogP contribution in [0.15, 0.2) is 4.99 Å². The quantitative estimate of drug-likeness (QED) is 0.284. The van der Waals surface area contributed by atoms with Gasteiger partial charge in [-0.1, -0.05) is 13.8 Å². The first-order valence-corrected chi connectivity index (χ1v) is 8.20. The van der Waals surface area contributed by atoms with Crippen molar-refractivity contribution in [1.29, 1.82) is 0 Å². The van der Waals surface area contributed by atoms with E-state index in [1.54, 1.807) is 0 Å². The molecular formula is C16H35IN4O. The lowest BCUT2D eigenvalue weighted by molar-refractivity contribution is -0.00501. The van der Waals surface area contributed by atoms with E-state index in [-0.39, 0.29) is 29.5 Å². The molecular weight excluding hydrogens is 391 g/mol. The molecule has 6 heteroatoms. The number of likely N-dealkylation sites (N-methyl/N-ethyl adjacent to an activating group) is 1. The van der Waals surface area contributed by atoms with Crippen LogP contribution in [0, 0.1) is 5.92 Å². The number of guanidine groups is 1. The van der Waals surface area contributed by atoms with E-state index in [2.05, 4.69) is 48.5 Å². The number of rotatable bonds is 7. The Hall–Kier alpha value is -0.0800. The molecule has 1 aliphatic rings. The number of nitrogens with one attached hydrogen (secondary N) is 2. The number of aliphatic imine (C=N–C) groups is 1. The Labute approximate surface area is 153 Å². The Kier molecular flexibility index (Phi) is 11.4. The van der Waals surface area contributed by atoms with Crippen molar-refractivity contribution in [2.45, 2.75) is 45.1 Å². The van der Waals surface area contributed by atoms with Crippen LogP contribution in [0.25, 0.3) is 0 Å². The minimum absolute atomic E-state index is 0. The summed E-state index contributed by atoms with van der Waals surface area (Å²) in [7, 11) is 6.15. The van der Waals surface area contributed by atoms with Gasteiger partial charge in [0.05, 0.1) is 0 Å². The van der Waals surface area contributed by atoms with E-state index in [0.717, 1.165) is 51.0 Å². The standard InChI is InChI=1S/C16H34N4O.HI/c1-14(2)7-6-10-18-15(17-3)19-13-16(20(4)5)8-11-21-12-9-16;/h14H,6-13H2,1-5H3,(H2,17,18,19);1H. The van der Waals surface area contributed by atoms with E-state index >= 15 is 0 Å². The first-order valence-electron chi connectivity index (χ1n) is 8.20. The SMILES string of the molecule is CN=C(NCCCC(C)C)NCC1(N(C)C)CCOCC1.I. The molecule has 1 aliphatic heterocycles. The van der Waals surface area contributed by atoms with E-state index in [9.17, 15) is 0 Å². The Balaban J connectivity index is 0.00000441. The van der Waals surface area contributed by atoms with Crippen LogP contribution in [0.5, 0.6) is 0 Å². The molecule has 0 aliphatic carbocycles. The summed E-state index contributed by atoms with van der Waals surface area (Å²) in [6.07, 6.45) is 4.57. The van der Waals surface area contributed by atoms with Gasteiger partial charge in [0.1, 0.15) is 0 Å². The lowest BCUT2D eigenvalue weighted by Gasteiger charge is -2.43. The maximum absolute atomic E-state index is 5.51. The van der Waals surface area contributed by atoms with Crippen LogP contribution in [0.3, 0.4) is 0 Å². The maximum Gasteiger partial charge on any atom is 0.191 e. The number of hydrogen-bond donors (Lipinski definition) is 2. The van der Waals surface area contributed by atoms with Crippen molar-refractivity contribution in [2.24, 2.45) is 10.9 Å². The van der Waals surface area contributed by atoms with Crippen LogP contribution in [-0.4, -0.2) is 63.8 Å². The summed E-state index contributed by atoms with van der Waals surface area (Å²) in [5.74, 6) is 1.67. The third kappa shape index (κ3) is 7.46. The Morgan fingerprint density at radius 2 is 1.86 bits per heavy atom. The molecule has 0 bridgehead atoms. The number of hydrogen-bond acceptors (Lipinski definition) is 3. The van der Waals surface area contributed by atoms with Crippen molar-refractivity contribution in [3.8, 4) is 0 Å². The Morgan fingerprint density at radius 3 is 2.36 bits per heavy atom. The highest BCUT2D eigenvalue weighted by Gasteiger charge is 2.34. The van der Waals surface area contributed by atoms with Gasteiger partial charge in [0, 0.05) is 38.9 Å². The summed E-state index contributed by atoms with van der Waals surface area (Å²) in [5, 5.41) is 6.90. The summed E-state index contributed by atoms with van der Waals surface area (Å²) < 4.78 is 5.51. The number of nitrogens with zero attached hydrogens (tertiary/aromatic N) is 2. The summed E-state index contributed by atoms with van der Waals surface area (Å²) in [4.78, 5) is 6.65. The molecule has 2 N–H and O–H groups in total. The summed E-state index contributed by atoms with van der Waals surface area (Å²) in [6, 6.07) is 0. The average molecular weight is 426 g/mol. The fourth-order valence-corrected chi connectivity index (χ4v) is 2.72. The molecule has 0 aromatic carbocycles. The van der Waals surface area contributed by atoms with Gasteiger partial charge in [-0.05, 0) is 45.7 Å². The molecule has 22 heavy (non-hydrogen) atoms. The second-order valence-electron chi connectivity index (χ2n) is 6.62. The van der Waals surface area contributed by atoms with Crippen LogP contribution < -0.4 is 10.6 Å². The van der Waals surface area contributed by atoms with E-state index < -0.39 is 0 Å². The zero-order chi connectivity index (χ0) is 15.7. The highest BCUT2D eigenvalue weighted by molar-refractivity contribution is 14.0. The zero-order valence-electron chi connectivity index (χ0n) is 14.9. The summed E-state index contributed by atoms with van der Waals surface area (Å²) in [6.45, 7) is 8.11. The zero-order valence-corrected chi connectivity index (χ0v) is 17.3. The number of ether oxygens (including phenoxy) is 1. The Morgan fingerprint density at radius 1 is 1.23 bits per heavy atom. The number of halogens is 1. The first-order chi connectivity index (χ1) is 10.00. The van der Waals surface area contributed by atoms with Gasteiger partial charge >= 0.3 is 0 Å². The van der Waals surface area contributed by atoms with Crippen molar-refractivity contribution >= 4 is 29.9 Å². The molecule has 0 aromatic rings. The topological polar surface area (TPSA) is 48.9 Å². The highest BCUT2D eigenvalue weighted by Crippen LogP contribution is 2.24. The molecule has 1 saturated heterocycles. The van der Waals surface area contributed by atoms with Gasteiger partial charge < -0.3 is 20.3 Å². The molecule has 0 unspecified atom stereocenters. The van der Waals surface area contributed by atoms with Crippen LogP contribution in [0.1, 0.15) is 39.5 Å². The molecule has 0 aromatic heterocycles.